The number of carbonyl (C=O) groups is 2. The minimum Gasteiger partial charge on any atom is -0.393 e. The summed E-state index contributed by atoms with van der Waals surface area (Å²) < 4.78 is 10.9. The molecule has 2 aromatic carbocycles. The first-order valence-corrected chi connectivity index (χ1v) is 7.69. The highest BCUT2D eigenvalue weighted by molar-refractivity contribution is 6.02. The van der Waals surface area contributed by atoms with Crippen molar-refractivity contribution in [1.82, 2.24) is 0 Å². The molecule has 23 heavy (non-hydrogen) atoms. The number of methoxy groups -OCH3 is 1. The van der Waals surface area contributed by atoms with Gasteiger partial charge in [-0.05, 0) is 22.3 Å². The average molecular weight is 306 g/mol. The summed E-state index contributed by atoms with van der Waals surface area (Å²) >= 11 is 0. The van der Waals surface area contributed by atoms with Gasteiger partial charge in [0.25, 0.3) is 0 Å². The molecule has 0 N–H and O–H groups in total. The van der Waals surface area contributed by atoms with Gasteiger partial charge >= 0.3 is 11.9 Å². The summed E-state index contributed by atoms with van der Waals surface area (Å²) in [5.41, 5.74) is 3.39. The predicted molar refractivity (Wildman–Crippen MR) is 81.4 cm³/mol. The van der Waals surface area contributed by atoms with Crippen LogP contribution in [0.25, 0.3) is 11.1 Å². The molecule has 3 aliphatic rings. The van der Waals surface area contributed by atoms with E-state index in [1.54, 1.807) is 7.11 Å². The molecule has 0 bridgehead atoms. The third-order valence-electron chi connectivity index (χ3n) is 5.64. The Kier molecular flexibility index (Phi) is 2.31. The lowest BCUT2D eigenvalue weighted by Gasteiger charge is -2.57. The Labute approximate surface area is 133 Å². The van der Waals surface area contributed by atoms with Crippen molar-refractivity contribution in [2.45, 2.75) is 11.5 Å². The number of benzene rings is 2. The van der Waals surface area contributed by atoms with Crippen LogP contribution in [0.5, 0.6) is 0 Å². The molecule has 4 unspecified atom stereocenters. The maximum atomic E-state index is 12.3. The smallest absolute Gasteiger partial charge is 0.320 e. The minimum atomic E-state index is -0.807. The Morgan fingerprint density at radius 3 is 2.39 bits per heavy atom. The lowest BCUT2D eigenvalue weighted by atomic mass is 9.47. The third kappa shape index (κ3) is 1.28. The molecule has 0 spiro atoms. The first-order chi connectivity index (χ1) is 11.2. The Balaban J connectivity index is 1.86. The topological polar surface area (TPSA) is 52.6 Å². The molecule has 2 aromatic rings. The second-order valence-electron chi connectivity index (χ2n) is 6.35. The van der Waals surface area contributed by atoms with Crippen molar-refractivity contribution >= 4 is 11.9 Å². The molecule has 114 valence electrons. The normalized spacial score (nSPS) is 33.0. The molecule has 1 aliphatic heterocycles. The van der Waals surface area contributed by atoms with E-state index < -0.39 is 29.4 Å². The SMILES string of the molecule is COC12c3ccccc3-c3ccccc3C1C1C(=O)OC(=O)C12. The zero-order valence-electron chi connectivity index (χ0n) is 12.5. The zero-order valence-corrected chi connectivity index (χ0v) is 12.5. The van der Waals surface area contributed by atoms with Gasteiger partial charge in [0, 0.05) is 13.0 Å². The van der Waals surface area contributed by atoms with E-state index in [0.717, 1.165) is 22.3 Å². The highest BCUT2D eigenvalue weighted by atomic mass is 16.6. The summed E-state index contributed by atoms with van der Waals surface area (Å²) in [7, 11) is 1.62. The largest absolute Gasteiger partial charge is 0.393 e. The standard InChI is InChI=1S/C19H14O4/c1-22-19-13-9-5-4-7-11(13)10-6-2-3-8-12(10)15(19)14-16(19)18(21)23-17(14)20/h2-9,14-16H,1H3. The van der Waals surface area contributed by atoms with Crippen molar-refractivity contribution in [1.29, 1.82) is 0 Å². The first-order valence-electron chi connectivity index (χ1n) is 7.69. The van der Waals surface area contributed by atoms with Gasteiger partial charge in [-0.15, -0.1) is 0 Å². The predicted octanol–water partition coefficient (Wildman–Crippen LogP) is 2.62. The molecule has 1 heterocycles. The summed E-state index contributed by atoms with van der Waals surface area (Å²) in [6, 6.07) is 16.0. The average Bonchev–Trinajstić information content (AvgIpc) is 2.80. The highest BCUT2D eigenvalue weighted by Gasteiger charge is 2.75. The van der Waals surface area contributed by atoms with Crippen LogP contribution in [0.4, 0.5) is 0 Å². The number of carbonyl (C=O) groups excluding carboxylic acids is 2. The van der Waals surface area contributed by atoms with E-state index in [1.165, 1.54) is 0 Å². The molecule has 5 rings (SSSR count). The number of hydrogen-bond donors (Lipinski definition) is 0. The van der Waals surface area contributed by atoms with Crippen molar-refractivity contribution in [2.24, 2.45) is 11.8 Å². The van der Waals surface area contributed by atoms with Crippen LogP contribution in [-0.2, 0) is 24.7 Å². The Bertz CT molecular complexity index is 871. The summed E-state index contributed by atoms with van der Waals surface area (Å²) in [5.74, 6) is -2.07. The molecule has 0 radical (unpaired) electrons. The summed E-state index contributed by atoms with van der Waals surface area (Å²) in [4.78, 5) is 24.4. The fourth-order valence-electron chi connectivity index (χ4n) is 4.82. The van der Waals surface area contributed by atoms with Crippen LogP contribution in [-0.4, -0.2) is 19.0 Å². The third-order valence-corrected chi connectivity index (χ3v) is 5.64. The van der Waals surface area contributed by atoms with E-state index in [2.05, 4.69) is 6.07 Å². The highest BCUT2D eigenvalue weighted by Crippen LogP contribution is 2.69. The van der Waals surface area contributed by atoms with Gasteiger partial charge in [-0.3, -0.25) is 9.59 Å². The molecule has 2 fully saturated rings. The van der Waals surface area contributed by atoms with Crippen molar-refractivity contribution in [2.75, 3.05) is 7.11 Å². The van der Waals surface area contributed by atoms with Crippen LogP contribution in [0.3, 0.4) is 0 Å². The Morgan fingerprint density at radius 1 is 0.913 bits per heavy atom. The van der Waals surface area contributed by atoms with Gasteiger partial charge in [-0.1, -0.05) is 48.5 Å². The zero-order chi connectivity index (χ0) is 15.8. The van der Waals surface area contributed by atoms with Crippen molar-refractivity contribution in [3.8, 4) is 11.1 Å². The van der Waals surface area contributed by atoms with E-state index in [4.69, 9.17) is 9.47 Å². The van der Waals surface area contributed by atoms with E-state index in [0.29, 0.717) is 0 Å². The van der Waals surface area contributed by atoms with Gasteiger partial charge in [0.15, 0.2) is 0 Å². The van der Waals surface area contributed by atoms with Gasteiger partial charge in [0.2, 0.25) is 0 Å². The molecule has 4 atom stereocenters. The van der Waals surface area contributed by atoms with Crippen LogP contribution in [0.1, 0.15) is 17.0 Å². The fourth-order valence-corrected chi connectivity index (χ4v) is 4.82. The number of ether oxygens (including phenoxy) is 2. The number of hydrogen-bond acceptors (Lipinski definition) is 4. The molecule has 4 heteroatoms. The van der Waals surface area contributed by atoms with Crippen molar-refractivity contribution < 1.29 is 19.1 Å². The lowest BCUT2D eigenvalue weighted by molar-refractivity contribution is -0.188. The van der Waals surface area contributed by atoms with Crippen LogP contribution in [0, 0.1) is 11.8 Å². The number of cyclic esters (lactones) is 2. The van der Waals surface area contributed by atoms with E-state index >= 15 is 0 Å². The molecular weight excluding hydrogens is 292 g/mol. The maximum Gasteiger partial charge on any atom is 0.320 e. The van der Waals surface area contributed by atoms with Gasteiger partial charge in [-0.25, -0.2) is 0 Å². The maximum absolute atomic E-state index is 12.3. The summed E-state index contributed by atoms with van der Waals surface area (Å²) in [5, 5.41) is 0. The second kappa shape index (κ2) is 4.09. The minimum absolute atomic E-state index is 0.178. The molecule has 1 saturated heterocycles. The van der Waals surface area contributed by atoms with Gasteiger partial charge in [0.05, 0.1) is 5.92 Å². The summed E-state index contributed by atoms with van der Waals surface area (Å²) in [6.45, 7) is 0. The van der Waals surface area contributed by atoms with Crippen LogP contribution >= 0.6 is 0 Å². The number of rotatable bonds is 1. The van der Waals surface area contributed by atoms with Gasteiger partial charge < -0.3 is 9.47 Å². The van der Waals surface area contributed by atoms with E-state index in [-0.39, 0.29) is 5.92 Å². The van der Waals surface area contributed by atoms with Gasteiger partial charge in [0.1, 0.15) is 11.5 Å². The van der Waals surface area contributed by atoms with Crippen molar-refractivity contribution in [3.63, 3.8) is 0 Å². The van der Waals surface area contributed by atoms with Crippen LogP contribution in [0.15, 0.2) is 48.5 Å². The molecular formula is C19H14O4. The summed E-state index contributed by atoms with van der Waals surface area (Å²) in [6.07, 6.45) is 0. The molecule has 4 nitrogen and oxygen atoms in total. The van der Waals surface area contributed by atoms with Gasteiger partial charge in [-0.2, -0.15) is 0 Å². The molecule has 1 saturated carbocycles. The molecule has 2 aliphatic carbocycles. The van der Waals surface area contributed by atoms with Crippen LogP contribution < -0.4 is 0 Å². The van der Waals surface area contributed by atoms with E-state index in [9.17, 15) is 9.59 Å². The lowest BCUT2D eigenvalue weighted by Crippen LogP contribution is -2.62. The van der Waals surface area contributed by atoms with Crippen LogP contribution in [0.2, 0.25) is 0 Å². The number of fused-ring (bicyclic) bond motifs is 9. The second-order valence-corrected chi connectivity index (χ2v) is 6.35. The molecule has 0 aromatic heterocycles. The fraction of sp³-hybridized carbons (Fsp3) is 0.263. The van der Waals surface area contributed by atoms with Crippen molar-refractivity contribution in [3.05, 3.63) is 59.7 Å². The molecule has 0 amide bonds. The first kappa shape index (κ1) is 13.0. The quantitative estimate of drug-likeness (QED) is 0.600. The Hall–Kier alpha value is -2.46. The van der Waals surface area contributed by atoms with E-state index in [1.807, 2.05) is 42.5 Å². The Morgan fingerprint density at radius 2 is 1.61 bits per heavy atom. The number of esters is 2. The monoisotopic (exact) mass is 306 g/mol.